The van der Waals surface area contributed by atoms with Crippen molar-refractivity contribution in [2.75, 3.05) is 11.9 Å². The van der Waals surface area contributed by atoms with Gasteiger partial charge in [-0.2, -0.15) is 0 Å². The van der Waals surface area contributed by atoms with Gasteiger partial charge in [0.05, 0.1) is 5.56 Å². The molecule has 106 valence electrons. The van der Waals surface area contributed by atoms with E-state index in [4.69, 9.17) is 5.11 Å². The average molecular weight is 280 g/mol. The maximum atomic E-state index is 12.4. The molecule has 2 N–H and O–H groups in total. The molecule has 0 bridgehead atoms. The quantitative estimate of drug-likeness (QED) is 0.830. The predicted molar refractivity (Wildman–Crippen MR) is 82.1 cm³/mol. The number of aliphatic hydroxyl groups excluding tert-OH is 1. The molecule has 0 aliphatic carbocycles. The number of rotatable bonds is 2. The molecule has 4 nitrogen and oxygen atoms in total. The van der Waals surface area contributed by atoms with Crippen LogP contribution in [0.1, 0.15) is 27.2 Å². The molecular formula is C17H16N2O2. The van der Waals surface area contributed by atoms with Crippen molar-refractivity contribution in [2.24, 2.45) is 0 Å². The lowest BCUT2D eigenvalue weighted by Crippen LogP contribution is -2.16. The molecule has 0 aliphatic rings. The molecular weight excluding hydrogens is 264 g/mol. The second kappa shape index (κ2) is 6.69. The molecule has 0 radical (unpaired) electrons. The highest BCUT2D eigenvalue weighted by Crippen LogP contribution is 2.20. The highest BCUT2D eigenvalue weighted by Gasteiger charge is 2.13. The molecule has 2 rings (SSSR count). The van der Waals surface area contributed by atoms with Crippen LogP contribution in [0.25, 0.3) is 0 Å². The third kappa shape index (κ3) is 3.47. The van der Waals surface area contributed by atoms with E-state index in [0.29, 0.717) is 5.56 Å². The fourth-order valence-electron chi connectivity index (χ4n) is 2.01. The van der Waals surface area contributed by atoms with Crippen LogP contribution in [0.5, 0.6) is 0 Å². The lowest BCUT2D eigenvalue weighted by Gasteiger charge is -2.11. The van der Waals surface area contributed by atoms with E-state index in [9.17, 15) is 4.79 Å². The van der Waals surface area contributed by atoms with Crippen molar-refractivity contribution in [1.82, 2.24) is 4.98 Å². The second-order valence-electron chi connectivity index (χ2n) is 4.58. The Balaban J connectivity index is 2.33. The van der Waals surface area contributed by atoms with Crippen molar-refractivity contribution >= 4 is 11.6 Å². The Morgan fingerprint density at radius 2 is 1.95 bits per heavy atom. The van der Waals surface area contributed by atoms with Crippen molar-refractivity contribution in [3.8, 4) is 11.8 Å². The molecule has 1 heterocycles. The Labute approximate surface area is 123 Å². The summed E-state index contributed by atoms with van der Waals surface area (Å²) < 4.78 is 0. The highest BCUT2D eigenvalue weighted by atomic mass is 16.2. The maximum absolute atomic E-state index is 12.4. The minimum atomic E-state index is -0.310. The number of aliphatic hydroxyl groups is 1. The van der Waals surface area contributed by atoms with Crippen LogP contribution in [0.3, 0.4) is 0 Å². The standard InChI is InChI=1S/C17H16N2O2/c1-12-6-3-7-13(2)15(12)19-17(21)16-14(9-5-11-20)8-4-10-18-16/h3-4,6-8,10,20H,11H2,1-2H3,(H,19,21). The van der Waals surface area contributed by atoms with Crippen LogP contribution in [0.2, 0.25) is 0 Å². The summed E-state index contributed by atoms with van der Waals surface area (Å²) in [5, 5.41) is 11.7. The summed E-state index contributed by atoms with van der Waals surface area (Å²) in [6.45, 7) is 3.62. The smallest absolute Gasteiger partial charge is 0.275 e. The van der Waals surface area contributed by atoms with Crippen molar-refractivity contribution in [3.05, 3.63) is 58.9 Å². The second-order valence-corrected chi connectivity index (χ2v) is 4.58. The van der Waals surface area contributed by atoms with E-state index in [0.717, 1.165) is 16.8 Å². The summed E-state index contributed by atoms with van der Waals surface area (Å²) in [5.74, 6) is 4.96. The Morgan fingerprint density at radius 3 is 2.62 bits per heavy atom. The van der Waals surface area contributed by atoms with Gasteiger partial charge in [-0.15, -0.1) is 0 Å². The van der Waals surface area contributed by atoms with Gasteiger partial charge in [0, 0.05) is 11.9 Å². The Bertz CT molecular complexity index is 707. The summed E-state index contributed by atoms with van der Waals surface area (Å²) in [6.07, 6.45) is 1.55. The number of carbonyl (C=O) groups excluding carboxylic acids is 1. The van der Waals surface area contributed by atoms with E-state index in [1.54, 1.807) is 18.3 Å². The van der Waals surface area contributed by atoms with Crippen LogP contribution in [0.4, 0.5) is 5.69 Å². The third-order valence-corrected chi connectivity index (χ3v) is 3.04. The first-order valence-corrected chi connectivity index (χ1v) is 6.56. The zero-order chi connectivity index (χ0) is 15.2. The molecule has 21 heavy (non-hydrogen) atoms. The summed E-state index contributed by atoms with van der Waals surface area (Å²) in [6, 6.07) is 9.23. The SMILES string of the molecule is Cc1cccc(C)c1NC(=O)c1ncccc1C#CCO. The van der Waals surface area contributed by atoms with Gasteiger partial charge >= 0.3 is 0 Å². The van der Waals surface area contributed by atoms with Gasteiger partial charge < -0.3 is 10.4 Å². The number of benzene rings is 1. The van der Waals surface area contributed by atoms with E-state index in [2.05, 4.69) is 22.1 Å². The molecule has 2 aromatic rings. The number of hydrogen-bond donors (Lipinski definition) is 2. The summed E-state index contributed by atoms with van der Waals surface area (Å²) >= 11 is 0. The number of anilines is 1. The largest absolute Gasteiger partial charge is 0.384 e. The number of amides is 1. The maximum Gasteiger partial charge on any atom is 0.275 e. The average Bonchev–Trinajstić information content (AvgIpc) is 2.49. The third-order valence-electron chi connectivity index (χ3n) is 3.04. The first kappa shape index (κ1) is 14.8. The van der Waals surface area contributed by atoms with Gasteiger partial charge in [0.2, 0.25) is 0 Å². The fraction of sp³-hybridized carbons (Fsp3) is 0.176. The Kier molecular flexibility index (Phi) is 4.70. The first-order valence-electron chi connectivity index (χ1n) is 6.56. The van der Waals surface area contributed by atoms with Crippen molar-refractivity contribution < 1.29 is 9.90 Å². The predicted octanol–water partition coefficient (Wildman–Crippen LogP) is 2.29. The Hall–Kier alpha value is -2.64. The number of pyridine rings is 1. The number of para-hydroxylation sites is 1. The summed E-state index contributed by atoms with van der Waals surface area (Å²) in [5.41, 5.74) is 3.51. The lowest BCUT2D eigenvalue weighted by molar-refractivity contribution is 0.102. The van der Waals surface area contributed by atoms with Gasteiger partial charge in [-0.05, 0) is 37.1 Å². The molecule has 1 aromatic heterocycles. The van der Waals surface area contributed by atoms with Gasteiger partial charge in [-0.1, -0.05) is 30.0 Å². The number of nitrogens with one attached hydrogen (secondary N) is 1. The molecule has 0 unspecified atom stereocenters. The number of aryl methyl sites for hydroxylation is 2. The van der Waals surface area contributed by atoms with Gasteiger partial charge in [0.25, 0.3) is 5.91 Å². The zero-order valence-electron chi connectivity index (χ0n) is 12.0. The monoisotopic (exact) mass is 280 g/mol. The molecule has 0 fully saturated rings. The van der Waals surface area contributed by atoms with E-state index >= 15 is 0 Å². The van der Waals surface area contributed by atoms with Crippen LogP contribution < -0.4 is 5.32 Å². The molecule has 0 saturated carbocycles. The highest BCUT2D eigenvalue weighted by molar-refractivity contribution is 6.05. The van der Waals surface area contributed by atoms with Gasteiger partial charge in [-0.3, -0.25) is 4.79 Å². The van der Waals surface area contributed by atoms with E-state index in [1.807, 2.05) is 32.0 Å². The molecule has 0 saturated heterocycles. The number of nitrogens with zero attached hydrogens (tertiary/aromatic N) is 1. The topological polar surface area (TPSA) is 62.2 Å². The number of hydrogen-bond acceptors (Lipinski definition) is 3. The van der Waals surface area contributed by atoms with Gasteiger partial charge in [0.1, 0.15) is 12.3 Å². The minimum Gasteiger partial charge on any atom is -0.384 e. The van der Waals surface area contributed by atoms with Crippen LogP contribution in [-0.2, 0) is 0 Å². The number of aromatic nitrogens is 1. The van der Waals surface area contributed by atoms with E-state index in [-0.39, 0.29) is 18.2 Å². The zero-order valence-corrected chi connectivity index (χ0v) is 12.0. The normalized spacial score (nSPS) is 9.67. The molecule has 1 aromatic carbocycles. The van der Waals surface area contributed by atoms with Crippen molar-refractivity contribution in [3.63, 3.8) is 0 Å². The molecule has 0 atom stereocenters. The summed E-state index contributed by atoms with van der Waals surface area (Å²) in [4.78, 5) is 16.5. The van der Waals surface area contributed by atoms with Gasteiger partial charge in [0.15, 0.2) is 0 Å². The molecule has 0 spiro atoms. The van der Waals surface area contributed by atoms with Crippen LogP contribution >= 0.6 is 0 Å². The van der Waals surface area contributed by atoms with Gasteiger partial charge in [-0.25, -0.2) is 4.98 Å². The van der Waals surface area contributed by atoms with Crippen LogP contribution in [0.15, 0.2) is 36.5 Å². The van der Waals surface area contributed by atoms with Crippen LogP contribution in [0, 0.1) is 25.7 Å². The minimum absolute atomic E-state index is 0.251. The number of carbonyl (C=O) groups is 1. The molecule has 0 aliphatic heterocycles. The Morgan fingerprint density at radius 1 is 1.24 bits per heavy atom. The van der Waals surface area contributed by atoms with E-state index < -0.39 is 0 Å². The van der Waals surface area contributed by atoms with Crippen molar-refractivity contribution in [2.45, 2.75) is 13.8 Å². The fourth-order valence-corrected chi connectivity index (χ4v) is 2.01. The van der Waals surface area contributed by atoms with E-state index in [1.165, 1.54) is 0 Å². The van der Waals surface area contributed by atoms with Crippen LogP contribution in [-0.4, -0.2) is 22.6 Å². The molecule has 4 heteroatoms. The lowest BCUT2D eigenvalue weighted by atomic mass is 10.1. The summed E-state index contributed by atoms with van der Waals surface area (Å²) in [7, 11) is 0. The molecule has 1 amide bonds. The first-order chi connectivity index (χ1) is 10.1. The van der Waals surface area contributed by atoms with Crippen molar-refractivity contribution in [1.29, 1.82) is 0 Å².